The summed E-state index contributed by atoms with van der Waals surface area (Å²) in [6.07, 6.45) is 7.50. The van der Waals surface area contributed by atoms with Crippen LogP contribution in [-0.2, 0) is 24.1 Å². The number of ketones is 1. The molecule has 162 valence electrons. The summed E-state index contributed by atoms with van der Waals surface area (Å²) >= 11 is 0. The molecular formula is C24H35N5O. The number of anilines is 1. The van der Waals surface area contributed by atoms with E-state index in [1.165, 1.54) is 11.1 Å². The molecule has 30 heavy (non-hydrogen) atoms. The van der Waals surface area contributed by atoms with Gasteiger partial charge in [-0.05, 0) is 68.8 Å². The molecule has 0 bridgehead atoms. The maximum Gasteiger partial charge on any atom is 0.180 e. The minimum atomic E-state index is -0.00560. The summed E-state index contributed by atoms with van der Waals surface area (Å²) in [6, 6.07) is 4.16. The van der Waals surface area contributed by atoms with Gasteiger partial charge in [0.2, 0.25) is 0 Å². The number of likely N-dealkylation sites (N-methyl/N-ethyl adjacent to an activating group) is 1. The van der Waals surface area contributed by atoms with Gasteiger partial charge in [0.15, 0.2) is 11.6 Å². The molecule has 2 aromatic heterocycles. The van der Waals surface area contributed by atoms with Gasteiger partial charge in [0, 0.05) is 30.9 Å². The first kappa shape index (κ1) is 22.3. The smallest absolute Gasteiger partial charge is 0.180 e. The van der Waals surface area contributed by atoms with E-state index in [9.17, 15) is 4.79 Å². The molecule has 0 spiro atoms. The van der Waals surface area contributed by atoms with Gasteiger partial charge in [0.1, 0.15) is 11.5 Å². The van der Waals surface area contributed by atoms with Crippen molar-refractivity contribution in [1.29, 1.82) is 0 Å². The maximum absolute atomic E-state index is 12.6. The van der Waals surface area contributed by atoms with E-state index < -0.39 is 0 Å². The second-order valence-corrected chi connectivity index (χ2v) is 9.54. The number of hydrogen-bond acceptors (Lipinski definition) is 6. The Bertz CT molecular complexity index is 888. The van der Waals surface area contributed by atoms with Gasteiger partial charge < -0.3 is 10.2 Å². The highest BCUT2D eigenvalue weighted by molar-refractivity contribution is 5.84. The topological polar surface area (TPSA) is 71.0 Å². The maximum atomic E-state index is 12.6. The van der Waals surface area contributed by atoms with E-state index in [2.05, 4.69) is 43.2 Å². The van der Waals surface area contributed by atoms with Crippen molar-refractivity contribution in [3.05, 3.63) is 35.2 Å². The molecule has 2 heterocycles. The lowest BCUT2D eigenvalue weighted by molar-refractivity contribution is -0.119. The van der Waals surface area contributed by atoms with Gasteiger partial charge in [0.25, 0.3) is 0 Å². The predicted molar refractivity (Wildman–Crippen MR) is 122 cm³/mol. The summed E-state index contributed by atoms with van der Waals surface area (Å²) in [5.41, 5.74) is 4.34. The number of aromatic nitrogens is 3. The first-order valence-corrected chi connectivity index (χ1v) is 11.0. The summed E-state index contributed by atoms with van der Waals surface area (Å²) in [4.78, 5) is 28.8. The van der Waals surface area contributed by atoms with Crippen molar-refractivity contribution < 1.29 is 4.79 Å². The normalized spacial score (nSPS) is 13.4. The fourth-order valence-corrected chi connectivity index (χ4v) is 4.05. The SMILES string of the molecule is CNCCCc1ccnc(-c2nc3c(c(N(C)CC(=O)CC(C)(C)C)n2)CCC3)c1. The minimum absolute atomic E-state index is 0.00560. The first-order chi connectivity index (χ1) is 14.3. The molecule has 0 fully saturated rings. The van der Waals surface area contributed by atoms with E-state index in [0.29, 0.717) is 18.8 Å². The second-order valence-electron chi connectivity index (χ2n) is 9.54. The Morgan fingerprint density at radius 3 is 2.77 bits per heavy atom. The van der Waals surface area contributed by atoms with E-state index in [0.717, 1.165) is 55.9 Å². The monoisotopic (exact) mass is 409 g/mol. The molecule has 3 rings (SSSR count). The van der Waals surface area contributed by atoms with E-state index in [1.54, 1.807) is 0 Å². The average Bonchev–Trinajstić information content (AvgIpc) is 3.14. The van der Waals surface area contributed by atoms with Gasteiger partial charge in [0.05, 0.1) is 6.54 Å². The van der Waals surface area contributed by atoms with E-state index in [4.69, 9.17) is 9.97 Å². The molecular weight excluding hydrogens is 374 g/mol. The van der Waals surface area contributed by atoms with Crippen LogP contribution in [0.15, 0.2) is 18.3 Å². The third-order valence-corrected chi connectivity index (χ3v) is 5.36. The largest absolute Gasteiger partial charge is 0.352 e. The molecule has 0 amide bonds. The van der Waals surface area contributed by atoms with Crippen LogP contribution in [0, 0.1) is 5.41 Å². The molecule has 1 aliphatic carbocycles. The van der Waals surface area contributed by atoms with Crippen LogP contribution in [0.2, 0.25) is 0 Å². The Balaban J connectivity index is 1.86. The van der Waals surface area contributed by atoms with Crippen LogP contribution in [0.5, 0.6) is 0 Å². The number of hydrogen-bond donors (Lipinski definition) is 1. The molecule has 0 aliphatic heterocycles. The highest BCUT2D eigenvalue weighted by Crippen LogP contribution is 2.31. The quantitative estimate of drug-likeness (QED) is 0.638. The zero-order valence-corrected chi connectivity index (χ0v) is 19.1. The number of pyridine rings is 1. The molecule has 0 radical (unpaired) electrons. The zero-order chi connectivity index (χ0) is 21.7. The van der Waals surface area contributed by atoms with Crippen LogP contribution < -0.4 is 10.2 Å². The lowest BCUT2D eigenvalue weighted by Gasteiger charge is -2.23. The number of nitrogens with zero attached hydrogens (tertiary/aromatic N) is 4. The van der Waals surface area contributed by atoms with Gasteiger partial charge >= 0.3 is 0 Å². The summed E-state index contributed by atoms with van der Waals surface area (Å²) < 4.78 is 0. The average molecular weight is 410 g/mol. The highest BCUT2D eigenvalue weighted by atomic mass is 16.1. The fraction of sp³-hybridized carbons (Fsp3) is 0.583. The molecule has 0 saturated heterocycles. The summed E-state index contributed by atoms with van der Waals surface area (Å²) in [6.45, 7) is 7.66. The van der Waals surface area contributed by atoms with Crippen molar-refractivity contribution in [2.75, 3.05) is 32.1 Å². The fourth-order valence-electron chi connectivity index (χ4n) is 4.05. The number of fused-ring (bicyclic) bond motifs is 1. The van der Waals surface area contributed by atoms with E-state index in [-0.39, 0.29) is 11.2 Å². The molecule has 1 aliphatic rings. The number of carbonyl (C=O) groups is 1. The van der Waals surface area contributed by atoms with Crippen molar-refractivity contribution in [3.8, 4) is 11.5 Å². The number of carbonyl (C=O) groups excluding carboxylic acids is 1. The van der Waals surface area contributed by atoms with Crippen molar-refractivity contribution in [2.45, 2.75) is 59.3 Å². The van der Waals surface area contributed by atoms with Crippen LogP contribution in [0.1, 0.15) is 56.9 Å². The van der Waals surface area contributed by atoms with Gasteiger partial charge in [-0.1, -0.05) is 20.8 Å². The van der Waals surface area contributed by atoms with Gasteiger partial charge in [-0.2, -0.15) is 0 Å². The van der Waals surface area contributed by atoms with Crippen molar-refractivity contribution in [2.24, 2.45) is 5.41 Å². The Hall–Kier alpha value is -2.34. The first-order valence-electron chi connectivity index (χ1n) is 11.0. The molecule has 0 saturated carbocycles. The third-order valence-electron chi connectivity index (χ3n) is 5.36. The Labute approximate surface area is 180 Å². The second kappa shape index (κ2) is 9.65. The van der Waals surface area contributed by atoms with Crippen LogP contribution in [-0.4, -0.2) is 47.9 Å². The zero-order valence-electron chi connectivity index (χ0n) is 19.1. The summed E-state index contributed by atoms with van der Waals surface area (Å²) in [5.74, 6) is 1.79. The van der Waals surface area contributed by atoms with Gasteiger partial charge in [-0.15, -0.1) is 0 Å². The standard InChI is InChI=1S/C24H35N5O/c1-24(2,3)15-18(30)16-29(5)23-19-9-6-10-20(19)27-22(28-23)21-14-17(11-13-26-21)8-7-12-25-4/h11,13-14,25H,6-10,12,15-16H2,1-5H3. The molecule has 0 atom stereocenters. The lowest BCUT2D eigenvalue weighted by atomic mass is 9.90. The minimum Gasteiger partial charge on any atom is -0.352 e. The predicted octanol–water partition coefficient (Wildman–Crippen LogP) is 3.62. The van der Waals surface area contributed by atoms with E-state index in [1.807, 2.05) is 25.2 Å². The van der Waals surface area contributed by atoms with Gasteiger partial charge in [-0.25, -0.2) is 9.97 Å². The molecule has 0 aromatic carbocycles. The molecule has 2 aromatic rings. The Kier molecular flexibility index (Phi) is 7.19. The Morgan fingerprint density at radius 2 is 2.03 bits per heavy atom. The number of rotatable bonds is 9. The van der Waals surface area contributed by atoms with Crippen molar-refractivity contribution in [1.82, 2.24) is 20.3 Å². The molecule has 0 unspecified atom stereocenters. The van der Waals surface area contributed by atoms with Crippen molar-refractivity contribution >= 4 is 11.6 Å². The number of aryl methyl sites for hydroxylation is 2. The van der Waals surface area contributed by atoms with Crippen LogP contribution in [0.25, 0.3) is 11.5 Å². The molecule has 1 N–H and O–H groups in total. The Morgan fingerprint density at radius 1 is 1.23 bits per heavy atom. The van der Waals surface area contributed by atoms with Crippen LogP contribution >= 0.6 is 0 Å². The van der Waals surface area contributed by atoms with E-state index >= 15 is 0 Å². The van der Waals surface area contributed by atoms with Crippen molar-refractivity contribution in [3.63, 3.8) is 0 Å². The summed E-state index contributed by atoms with van der Waals surface area (Å²) in [7, 11) is 3.94. The number of Topliss-reactive ketones (excluding diaryl/α,β-unsaturated/α-hetero) is 1. The molecule has 6 nitrogen and oxygen atoms in total. The summed E-state index contributed by atoms with van der Waals surface area (Å²) in [5, 5.41) is 3.19. The molecule has 6 heteroatoms. The third kappa shape index (κ3) is 5.85. The van der Waals surface area contributed by atoms with Crippen LogP contribution in [0.4, 0.5) is 5.82 Å². The van der Waals surface area contributed by atoms with Gasteiger partial charge in [-0.3, -0.25) is 9.78 Å². The lowest BCUT2D eigenvalue weighted by Crippen LogP contribution is -2.30. The highest BCUT2D eigenvalue weighted by Gasteiger charge is 2.24. The van der Waals surface area contributed by atoms with Crippen LogP contribution in [0.3, 0.4) is 0 Å². The number of nitrogens with one attached hydrogen (secondary N) is 1.